The highest BCUT2D eigenvalue weighted by molar-refractivity contribution is 6.31. The molecule has 7 nitrogen and oxygen atoms in total. The van der Waals surface area contributed by atoms with E-state index in [2.05, 4.69) is 9.64 Å². The van der Waals surface area contributed by atoms with Gasteiger partial charge in [-0.1, -0.05) is 23.7 Å². The predicted molar refractivity (Wildman–Crippen MR) is 129 cm³/mol. The number of aromatic nitrogens is 2. The first-order valence-electron chi connectivity index (χ1n) is 11.4. The van der Waals surface area contributed by atoms with Gasteiger partial charge in [-0.2, -0.15) is 18.2 Å². The fraction of sp³-hybridized carbons (Fsp3) is 0.320. The van der Waals surface area contributed by atoms with Crippen molar-refractivity contribution in [1.82, 2.24) is 9.97 Å². The summed E-state index contributed by atoms with van der Waals surface area (Å²) in [5.74, 6) is -1.26. The van der Waals surface area contributed by atoms with Crippen LogP contribution in [0, 0.1) is 6.92 Å². The molecule has 1 saturated heterocycles. The highest BCUT2D eigenvalue weighted by atomic mass is 35.5. The van der Waals surface area contributed by atoms with Crippen molar-refractivity contribution in [3.63, 3.8) is 0 Å². The van der Waals surface area contributed by atoms with Crippen LogP contribution >= 0.6 is 11.6 Å². The molecule has 0 aliphatic carbocycles. The van der Waals surface area contributed by atoms with Crippen LogP contribution in [0.2, 0.25) is 5.02 Å². The average molecular weight is 519 g/mol. The summed E-state index contributed by atoms with van der Waals surface area (Å²) in [6.45, 7) is 4.88. The van der Waals surface area contributed by atoms with E-state index in [4.69, 9.17) is 26.3 Å². The maximum absolute atomic E-state index is 12.7. The number of esters is 1. The number of halogens is 4. The van der Waals surface area contributed by atoms with Crippen LogP contribution in [0.4, 0.5) is 30.6 Å². The van der Waals surface area contributed by atoms with Gasteiger partial charge in [0, 0.05) is 41.5 Å². The number of anilines is 3. The van der Waals surface area contributed by atoms with Crippen LogP contribution in [0.3, 0.4) is 0 Å². The van der Waals surface area contributed by atoms with Crippen molar-refractivity contribution in [2.75, 3.05) is 42.6 Å². The monoisotopic (exact) mass is 518 g/mol. The Kier molecular flexibility index (Phi) is 6.48. The minimum atomic E-state index is -5.09. The SMILES string of the molecule is Cc1cc(N2CCc3c(-c4cccc(OC(=O)C(F)(F)F)c4)nc(N4CCOCC4)nc32)ccc1Cl. The standard InChI is InChI=1S/C25H22ClF3N4O3/c1-15-13-17(5-6-20(15)26)33-8-7-19-21(30-24(31-22(19)33)32-9-11-35-12-10-32)16-3-2-4-18(14-16)36-23(34)25(27,28)29/h2-6,13-14H,7-12H2,1H3. The van der Waals surface area contributed by atoms with Gasteiger partial charge in [-0.05, 0) is 49.2 Å². The van der Waals surface area contributed by atoms with Gasteiger partial charge in [0.15, 0.2) is 0 Å². The summed E-state index contributed by atoms with van der Waals surface area (Å²) in [7, 11) is 0. The van der Waals surface area contributed by atoms with Crippen LogP contribution in [0.25, 0.3) is 11.3 Å². The van der Waals surface area contributed by atoms with Crippen LogP contribution in [-0.2, 0) is 16.0 Å². The number of fused-ring (bicyclic) bond motifs is 1. The normalized spacial score (nSPS) is 15.7. The van der Waals surface area contributed by atoms with Crippen molar-refractivity contribution in [3.05, 3.63) is 58.6 Å². The second kappa shape index (κ2) is 9.59. The summed E-state index contributed by atoms with van der Waals surface area (Å²) in [5, 5.41) is 0.667. The number of alkyl halides is 3. The first-order valence-corrected chi connectivity index (χ1v) is 11.8. The Morgan fingerprint density at radius 2 is 1.86 bits per heavy atom. The van der Waals surface area contributed by atoms with Gasteiger partial charge in [0.2, 0.25) is 5.95 Å². The van der Waals surface area contributed by atoms with Crippen LogP contribution in [0.15, 0.2) is 42.5 Å². The fourth-order valence-corrected chi connectivity index (χ4v) is 4.42. The zero-order valence-electron chi connectivity index (χ0n) is 19.3. The molecule has 0 amide bonds. The van der Waals surface area contributed by atoms with Gasteiger partial charge in [-0.15, -0.1) is 0 Å². The lowest BCUT2D eigenvalue weighted by atomic mass is 10.1. The van der Waals surface area contributed by atoms with E-state index in [0.29, 0.717) is 61.5 Å². The second-order valence-electron chi connectivity index (χ2n) is 8.52. The molecule has 0 N–H and O–H groups in total. The molecule has 0 bridgehead atoms. The smallest absolute Gasteiger partial charge is 0.420 e. The lowest BCUT2D eigenvalue weighted by Gasteiger charge is -2.28. The van der Waals surface area contributed by atoms with E-state index in [9.17, 15) is 18.0 Å². The number of ether oxygens (including phenoxy) is 2. The number of nitrogens with zero attached hydrogens (tertiary/aromatic N) is 4. The molecule has 2 aliphatic heterocycles. The molecule has 1 aromatic heterocycles. The fourth-order valence-electron chi connectivity index (χ4n) is 4.31. The number of hydrogen-bond acceptors (Lipinski definition) is 7. The van der Waals surface area contributed by atoms with Crippen molar-refractivity contribution in [1.29, 1.82) is 0 Å². The zero-order valence-corrected chi connectivity index (χ0v) is 20.1. The van der Waals surface area contributed by atoms with Gasteiger partial charge in [-0.25, -0.2) is 9.78 Å². The number of carbonyl (C=O) groups excluding carboxylic acids is 1. The van der Waals surface area contributed by atoms with Crippen molar-refractivity contribution in [2.45, 2.75) is 19.5 Å². The Hall–Kier alpha value is -3.37. The average Bonchev–Trinajstić information content (AvgIpc) is 3.29. The van der Waals surface area contributed by atoms with Crippen LogP contribution in [0.1, 0.15) is 11.1 Å². The summed E-state index contributed by atoms with van der Waals surface area (Å²) < 4.78 is 48.2. The quantitative estimate of drug-likeness (QED) is 0.351. The van der Waals surface area contributed by atoms with Crippen molar-refractivity contribution < 1.29 is 27.4 Å². The Bertz CT molecular complexity index is 1310. The molecule has 3 aromatic rings. The van der Waals surface area contributed by atoms with Crippen LogP contribution in [0.5, 0.6) is 5.75 Å². The van der Waals surface area contributed by atoms with Gasteiger partial charge in [0.25, 0.3) is 0 Å². The maximum atomic E-state index is 12.7. The molecule has 0 radical (unpaired) electrons. The van der Waals surface area contributed by atoms with E-state index < -0.39 is 12.1 Å². The van der Waals surface area contributed by atoms with E-state index in [1.807, 2.05) is 30.0 Å². The first kappa shape index (κ1) is 24.3. The molecule has 11 heteroatoms. The number of hydrogen-bond donors (Lipinski definition) is 0. The number of rotatable bonds is 4. The summed E-state index contributed by atoms with van der Waals surface area (Å²) in [6.07, 6.45) is -4.46. The molecule has 0 unspecified atom stereocenters. The van der Waals surface area contributed by atoms with Gasteiger partial charge < -0.3 is 19.3 Å². The summed E-state index contributed by atoms with van der Waals surface area (Å²) in [5.41, 5.74) is 3.84. The summed E-state index contributed by atoms with van der Waals surface area (Å²) in [6, 6.07) is 11.7. The van der Waals surface area contributed by atoms with Gasteiger partial charge >= 0.3 is 12.1 Å². The van der Waals surface area contributed by atoms with E-state index >= 15 is 0 Å². The minimum absolute atomic E-state index is 0.210. The summed E-state index contributed by atoms with van der Waals surface area (Å²) >= 11 is 6.23. The molecule has 0 saturated carbocycles. The topological polar surface area (TPSA) is 67.8 Å². The molecular formula is C25H22ClF3N4O3. The zero-order chi connectivity index (χ0) is 25.4. The number of morpholine rings is 1. The van der Waals surface area contributed by atoms with Gasteiger partial charge in [0.05, 0.1) is 18.9 Å². The lowest BCUT2D eigenvalue weighted by Crippen LogP contribution is -2.37. The van der Waals surface area contributed by atoms with E-state index in [-0.39, 0.29) is 5.75 Å². The van der Waals surface area contributed by atoms with Crippen molar-refractivity contribution in [2.24, 2.45) is 0 Å². The second-order valence-corrected chi connectivity index (χ2v) is 8.93. The highest BCUT2D eigenvalue weighted by Crippen LogP contribution is 2.40. The van der Waals surface area contributed by atoms with E-state index in [1.54, 1.807) is 6.07 Å². The molecule has 36 heavy (non-hydrogen) atoms. The van der Waals surface area contributed by atoms with Crippen LogP contribution in [-0.4, -0.2) is 55.0 Å². The minimum Gasteiger partial charge on any atom is -0.420 e. The lowest BCUT2D eigenvalue weighted by molar-refractivity contribution is -0.189. The summed E-state index contributed by atoms with van der Waals surface area (Å²) in [4.78, 5) is 25.2. The van der Waals surface area contributed by atoms with Gasteiger partial charge in [0.1, 0.15) is 11.6 Å². The third-order valence-electron chi connectivity index (χ3n) is 6.11. The van der Waals surface area contributed by atoms with Crippen molar-refractivity contribution in [3.8, 4) is 17.0 Å². The molecular weight excluding hydrogens is 497 g/mol. The van der Waals surface area contributed by atoms with E-state index in [0.717, 1.165) is 22.6 Å². The first-order chi connectivity index (χ1) is 17.2. The molecule has 1 fully saturated rings. The molecule has 188 valence electrons. The number of carbonyl (C=O) groups is 1. The Morgan fingerprint density at radius 1 is 1.08 bits per heavy atom. The van der Waals surface area contributed by atoms with Crippen LogP contribution < -0.4 is 14.5 Å². The predicted octanol–water partition coefficient (Wildman–Crippen LogP) is 5.10. The molecule has 5 rings (SSSR count). The van der Waals surface area contributed by atoms with Gasteiger partial charge in [-0.3, -0.25) is 0 Å². The largest absolute Gasteiger partial charge is 0.491 e. The Balaban J connectivity index is 1.59. The van der Waals surface area contributed by atoms with Crippen molar-refractivity contribution >= 4 is 35.0 Å². The molecule has 2 aromatic carbocycles. The highest BCUT2D eigenvalue weighted by Gasteiger charge is 2.41. The molecule has 0 atom stereocenters. The Morgan fingerprint density at radius 3 is 2.58 bits per heavy atom. The number of aryl methyl sites for hydroxylation is 1. The van der Waals surface area contributed by atoms with E-state index in [1.165, 1.54) is 18.2 Å². The molecule has 0 spiro atoms. The third kappa shape index (κ3) is 4.83. The maximum Gasteiger partial charge on any atom is 0.491 e. The molecule has 2 aliphatic rings. The molecule has 3 heterocycles. The third-order valence-corrected chi connectivity index (χ3v) is 6.54. The Labute approximate surface area is 210 Å². The number of benzene rings is 2.